The zero-order chi connectivity index (χ0) is 18.9. The molecule has 0 bridgehead atoms. The van der Waals surface area contributed by atoms with Gasteiger partial charge in [0.15, 0.2) is 5.65 Å². The number of hydrogen-bond donors (Lipinski definition) is 1. The molecule has 3 aromatic heterocycles. The van der Waals surface area contributed by atoms with Crippen molar-refractivity contribution in [3.63, 3.8) is 0 Å². The summed E-state index contributed by atoms with van der Waals surface area (Å²) in [4.78, 5) is 22.9. The Morgan fingerprint density at radius 3 is 2.86 bits per heavy atom. The Bertz CT molecular complexity index is 1170. The van der Waals surface area contributed by atoms with Crippen LogP contribution in [0.5, 0.6) is 0 Å². The fraction of sp³-hybridized carbons (Fsp3) is 0.238. The molecule has 1 aliphatic heterocycles. The summed E-state index contributed by atoms with van der Waals surface area (Å²) in [6, 6.07) is 16.9. The van der Waals surface area contributed by atoms with Crippen molar-refractivity contribution in [3.05, 3.63) is 75.7 Å². The molecule has 6 nitrogen and oxygen atoms in total. The minimum Gasteiger partial charge on any atom is -0.291 e. The molecule has 1 N–H and O–H groups in total. The number of aromatic nitrogens is 4. The molecule has 5 rings (SSSR count). The second-order valence-corrected chi connectivity index (χ2v) is 7.99. The fourth-order valence-electron chi connectivity index (χ4n) is 3.84. The van der Waals surface area contributed by atoms with Gasteiger partial charge in [-0.3, -0.25) is 9.69 Å². The maximum atomic E-state index is 11.3. The Balaban J connectivity index is 1.36. The third kappa shape index (κ3) is 3.34. The normalized spacial score (nSPS) is 17.4. The van der Waals surface area contributed by atoms with Crippen LogP contribution in [0, 0.1) is 0 Å². The maximum Gasteiger partial charge on any atom is 0.322 e. The van der Waals surface area contributed by atoms with Crippen LogP contribution in [-0.4, -0.2) is 31.6 Å². The predicted octanol–water partition coefficient (Wildman–Crippen LogP) is 3.78. The summed E-state index contributed by atoms with van der Waals surface area (Å²) in [5.41, 5.74) is 4.13. The number of fused-ring (bicyclic) bond motifs is 1. The molecule has 4 heterocycles. The monoisotopic (exact) mass is 389 g/mol. The van der Waals surface area contributed by atoms with E-state index in [-0.39, 0.29) is 4.87 Å². The van der Waals surface area contributed by atoms with E-state index in [1.54, 1.807) is 6.20 Å². The number of aromatic amines is 1. The average molecular weight is 389 g/mol. The van der Waals surface area contributed by atoms with Gasteiger partial charge >= 0.3 is 4.87 Å². The summed E-state index contributed by atoms with van der Waals surface area (Å²) < 4.78 is 0. The Kier molecular flexibility index (Phi) is 4.46. The van der Waals surface area contributed by atoms with E-state index >= 15 is 0 Å². The van der Waals surface area contributed by atoms with E-state index < -0.39 is 0 Å². The van der Waals surface area contributed by atoms with E-state index in [4.69, 9.17) is 4.98 Å². The van der Waals surface area contributed by atoms with Crippen molar-refractivity contribution in [1.82, 2.24) is 25.1 Å². The topological polar surface area (TPSA) is 74.8 Å². The number of rotatable bonds is 4. The van der Waals surface area contributed by atoms with Crippen LogP contribution >= 0.6 is 11.3 Å². The zero-order valence-corrected chi connectivity index (χ0v) is 16.0. The summed E-state index contributed by atoms with van der Waals surface area (Å²) in [5.74, 6) is 0. The standard InChI is InChI=1S/C21H19N5OS/c27-21-25-24-20(28-21)16-7-5-14(6-8-16)13-26-12-2-4-18(26)17-10-9-15-3-1-11-22-19(15)23-17/h1,3,5-11,18H,2,4,12-13H2,(H,25,27)/t18-/m0/s1. The van der Waals surface area contributed by atoms with Crippen LogP contribution in [0.4, 0.5) is 0 Å². The van der Waals surface area contributed by atoms with Gasteiger partial charge in [-0.1, -0.05) is 35.6 Å². The zero-order valence-electron chi connectivity index (χ0n) is 15.2. The van der Waals surface area contributed by atoms with E-state index in [0.29, 0.717) is 6.04 Å². The van der Waals surface area contributed by atoms with Crippen LogP contribution in [0.2, 0.25) is 0 Å². The fourth-order valence-corrected chi connectivity index (χ4v) is 4.46. The number of pyridine rings is 2. The van der Waals surface area contributed by atoms with E-state index in [9.17, 15) is 4.79 Å². The minimum absolute atomic E-state index is 0.128. The quantitative estimate of drug-likeness (QED) is 0.575. The summed E-state index contributed by atoms with van der Waals surface area (Å²) in [5, 5.41) is 8.32. The lowest BCUT2D eigenvalue weighted by Gasteiger charge is -2.24. The number of likely N-dealkylation sites (tertiary alicyclic amines) is 1. The van der Waals surface area contributed by atoms with Crippen LogP contribution in [0.3, 0.4) is 0 Å². The second-order valence-electron chi connectivity index (χ2n) is 7.03. The largest absolute Gasteiger partial charge is 0.322 e. The number of nitrogens with zero attached hydrogens (tertiary/aromatic N) is 4. The molecule has 1 aromatic carbocycles. The molecule has 1 saturated heterocycles. The number of hydrogen-bond acceptors (Lipinski definition) is 6. The molecule has 1 aliphatic rings. The van der Waals surface area contributed by atoms with Crippen molar-refractivity contribution in [2.24, 2.45) is 0 Å². The van der Waals surface area contributed by atoms with Crippen molar-refractivity contribution in [2.45, 2.75) is 25.4 Å². The molecular formula is C21H19N5OS. The molecule has 0 unspecified atom stereocenters. The highest BCUT2D eigenvalue weighted by Gasteiger charge is 2.27. The maximum absolute atomic E-state index is 11.3. The SMILES string of the molecule is O=c1[nH]nc(-c2ccc(CN3CCC[C@H]3c3ccc4cccnc4n3)cc2)s1. The van der Waals surface area contributed by atoms with Crippen LogP contribution < -0.4 is 4.87 Å². The molecule has 4 aromatic rings. The molecule has 1 atom stereocenters. The first-order valence-electron chi connectivity index (χ1n) is 9.37. The highest BCUT2D eigenvalue weighted by Crippen LogP contribution is 2.33. The molecule has 0 radical (unpaired) electrons. The van der Waals surface area contributed by atoms with Crippen LogP contribution in [0.25, 0.3) is 21.6 Å². The van der Waals surface area contributed by atoms with Crippen molar-refractivity contribution < 1.29 is 0 Å². The van der Waals surface area contributed by atoms with Crippen molar-refractivity contribution in [3.8, 4) is 10.6 Å². The first kappa shape index (κ1) is 17.2. The van der Waals surface area contributed by atoms with Gasteiger partial charge < -0.3 is 0 Å². The van der Waals surface area contributed by atoms with Crippen LogP contribution in [0.15, 0.2) is 59.5 Å². The van der Waals surface area contributed by atoms with Gasteiger partial charge in [-0.15, -0.1) is 0 Å². The Morgan fingerprint density at radius 2 is 2.04 bits per heavy atom. The van der Waals surface area contributed by atoms with Gasteiger partial charge in [0.25, 0.3) is 0 Å². The lowest BCUT2D eigenvalue weighted by atomic mass is 10.1. The van der Waals surface area contributed by atoms with Gasteiger partial charge in [-0.25, -0.2) is 15.1 Å². The summed E-state index contributed by atoms with van der Waals surface area (Å²) in [6.45, 7) is 1.94. The van der Waals surface area contributed by atoms with Gasteiger partial charge in [-0.2, -0.15) is 5.10 Å². The van der Waals surface area contributed by atoms with Crippen molar-refractivity contribution in [1.29, 1.82) is 0 Å². The first-order valence-corrected chi connectivity index (χ1v) is 10.2. The lowest BCUT2D eigenvalue weighted by Crippen LogP contribution is -2.23. The van der Waals surface area contributed by atoms with Gasteiger partial charge in [0.1, 0.15) is 5.01 Å². The summed E-state index contributed by atoms with van der Waals surface area (Å²) >= 11 is 1.13. The molecule has 0 aliphatic carbocycles. The van der Waals surface area contributed by atoms with Gasteiger partial charge in [0, 0.05) is 23.7 Å². The minimum atomic E-state index is -0.128. The van der Waals surface area contributed by atoms with Gasteiger partial charge in [-0.05, 0) is 49.2 Å². The van der Waals surface area contributed by atoms with E-state index in [1.807, 2.05) is 24.3 Å². The number of benzene rings is 1. The van der Waals surface area contributed by atoms with Crippen molar-refractivity contribution in [2.75, 3.05) is 6.54 Å². The molecule has 140 valence electrons. The molecule has 0 spiro atoms. The number of nitrogens with one attached hydrogen (secondary N) is 1. The van der Waals surface area contributed by atoms with E-state index in [2.05, 4.69) is 44.3 Å². The van der Waals surface area contributed by atoms with E-state index in [1.165, 1.54) is 12.0 Å². The highest BCUT2D eigenvalue weighted by atomic mass is 32.1. The summed E-state index contributed by atoms with van der Waals surface area (Å²) in [7, 11) is 0. The Hall–Kier alpha value is -2.90. The molecule has 0 saturated carbocycles. The molecule has 7 heteroatoms. The molecule has 28 heavy (non-hydrogen) atoms. The van der Waals surface area contributed by atoms with Crippen LogP contribution in [0.1, 0.15) is 30.1 Å². The van der Waals surface area contributed by atoms with Gasteiger partial charge in [0.2, 0.25) is 0 Å². The number of H-pyrrole nitrogens is 1. The third-order valence-corrected chi connectivity index (χ3v) is 6.01. The lowest BCUT2D eigenvalue weighted by molar-refractivity contribution is 0.245. The smallest absolute Gasteiger partial charge is 0.291 e. The highest BCUT2D eigenvalue weighted by molar-refractivity contribution is 7.12. The second kappa shape index (κ2) is 7.26. The molecule has 1 fully saturated rings. The molecular weight excluding hydrogens is 370 g/mol. The van der Waals surface area contributed by atoms with Gasteiger partial charge in [0.05, 0.1) is 11.7 Å². The Labute approximate surface area is 165 Å². The van der Waals surface area contributed by atoms with E-state index in [0.717, 1.165) is 58.1 Å². The predicted molar refractivity (Wildman–Crippen MR) is 110 cm³/mol. The first-order chi connectivity index (χ1) is 13.8. The van der Waals surface area contributed by atoms with Crippen molar-refractivity contribution >= 4 is 22.4 Å². The van der Waals surface area contributed by atoms with Crippen LogP contribution in [-0.2, 0) is 6.54 Å². The third-order valence-electron chi connectivity index (χ3n) is 5.22. The molecule has 0 amide bonds. The summed E-state index contributed by atoms with van der Waals surface area (Å²) in [6.07, 6.45) is 4.08. The Morgan fingerprint density at radius 1 is 1.14 bits per heavy atom. The average Bonchev–Trinajstić information content (AvgIpc) is 3.37.